The molecule has 1 rings (SSSR count). The van der Waals surface area contributed by atoms with Crippen molar-refractivity contribution in [2.24, 2.45) is 5.92 Å². The number of carbonyl (C=O) groups excluding carboxylic acids is 1. The van der Waals surface area contributed by atoms with Crippen molar-refractivity contribution in [3.63, 3.8) is 0 Å². The number of allylic oxidation sites excluding steroid dienone is 2. The summed E-state index contributed by atoms with van der Waals surface area (Å²) in [6.07, 6.45) is 3.83. The van der Waals surface area contributed by atoms with Crippen LogP contribution in [-0.2, 0) is 11.2 Å². The molecule has 0 radical (unpaired) electrons. The van der Waals surface area contributed by atoms with Crippen molar-refractivity contribution >= 4 is 6.29 Å². The van der Waals surface area contributed by atoms with Gasteiger partial charge >= 0.3 is 0 Å². The summed E-state index contributed by atoms with van der Waals surface area (Å²) in [5.74, 6) is 0.0161. The average Bonchev–Trinajstić information content (AvgIpc) is 2.17. The van der Waals surface area contributed by atoms with Gasteiger partial charge in [0, 0.05) is 5.92 Å². The van der Waals surface area contributed by atoms with Crippen LogP contribution in [0.1, 0.15) is 19.4 Å². The van der Waals surface area contributed by atoms with Gasteiger partial charge in [-0.05, 0) is 25.8 Å². The van der Waals surface area contributed by atoms with Gasteiger partial charge in [-0.25, -0.2) is 0 Å². The van der Waals surface area contributed by atoms with E-state index in [0.717, 1.165) is 12.7 Å². The first-order valence-electron chi connectivity index (χ1n) is 4.86. The van der Waals surface area contributed by atoms with E-state index in [0.29, 0.717) is 0 Å². The van der Waals surface area contributed by atoms with E-state index in [9.17, 15) is 4.79 Å². The summed E-state index contributed by atoms with van der Waals surface area (Å²) in [6.45, 7) is 4.03. The monoisotopic (exact) mass is 188 g/mol. The van der Waals surface area contributed by atoms with E-state index in [-0.39, 0.29) is 5.92 Å². The van der Waals surface area contributed by atoms with Gasteiger partial charge in [0.15, 0.2) is 0 Å². The fourth-order valence-electron chi connectivity index (χ4n) is 1.46. The Morgan fingerprint density at radius 2 is 1.93 bits per heavy atom. The van der Waals surface area contributed by atoms with Crippen LogP contribution >= 0.6 is 0 Å². The number of benzene rings is 1. The van der Waals surface area contributed by atoms with E-state index in [1.54, 1.807) is 0 Å². The summed E-state index contributed by atoms with van der Waals surface area (Å²) in [5, 5.41) is 0. The van der Waals surface area contributed by atoms with Gasteiger partial charge in [0.25, 0.3) is 0 Å². The average molecular weight is 188 g/mol. The molecule has 74 valence electrons. The van der Waals surface area contributed by atoms with Crippen molar-refractivity contribution in [2.75, 3.05) is 0 Å². The van der Waals surface area contributed by atoms with Crippen LogP contribution in [0.2, 0.25) is 0 Å². The second-order valence-corrected chi connectivity index (χ2v) is 3.73. The molecule has 0 saturated carbocycles. The van der Waals surface area contributed by atoms with Crippen molar-refractivity contribution < 1.29 is 4.79 Å². The number of rotatable bonds is 4. The van der Waals surface area contributed by atoms with Gasteiger partial charge in [0.1, 0.15) is 6.29 Å². The second-order valence-electron chi connectivity index (χ2n) is 3.73. The van der Waals surface area contributed by atoms with E-state index in [2.05, 4.69) is 12.1 Å². The van der Waals surface area contributed by atoms with Crippen molar-refractivity contribution in [3.05, 3.63) is 47.5 Å². The first-order chi connectivity index (χ1) is 6.72. The molecule has 0 heterocycles. The van der Waals surface area contributed by atoms with Crippen molar-refractivity contribution in [1.82, 2.24) is 0 Å². The second kappa shape index (κ2) is 5.38. The Kier molecular flexibility index (Phi) is 4.11. The summed E-state index contributed by atoms with van der Waals surface area (Å²) in [4.78, 5) is 10.8. The summed E-state index contributed by atoms with van der Waals surface area (Å²) < 4.78 is 0. The van der Waals surface area contributed by atoms with Crippen molar-refractivity contribution in [1.29, 1.82) is 0 Å². The van der Waals surface area contributed by atoms with Crippen LogP contribution in [-0.4, -0.2) is 6.29 Å². The zero-order chi connectivity index (χ0) is 10.4. The molecule has 1 atom stereocenters. The third kappa shape index (κ3) is 3.56. The van der Waals surface area contributed by atoms with Gasteiger partial charge in [0.05, 0.1) is 0 Å². The SMILES string of the molecule is CC(C)=CC(C=O)Cc1ccccc1. The zero-order valence-electron chi connectivity index (χ0n) is 8.73. The lowest BCUT2D eigenvalue weighted by atomic mass is 9.99. The highest BCUT2D eigenvalue weighted by molar-refractivity contribution is 5.57. The normalized spacial score (nSPS) is 11.9. The Bertz CT molecular complexity index is 307. The number of hydrogen-bond donors (Lipinski definition) is 0. The van der Waals surface area contributed by atoms with E-state index in [4.69, 9.17) is 0 Å². The molecule has 0 aliphatic carbocycles. The van der Waals surface area contributed by atoms with Gasteiger partial charge in [-0.2, -0.15) is 0 Å². The molecule has 0 aliphatic heterocycles. The van der Waals surface area contributed by atoms with E-state index < -0.39 is 0 Å². The lowest BCUT2D eigenvalue weighted by Crippen LogP contribution is -2.03. The molecule has 0 saturated heterocycles. The van der Waals surface area contributed by atoms with Crippen LogP contribution in [0.3, 0.4) is 0 Å². The van der Waals surface area contributed by atoms with Crippen LogP contribution < -0.4 is 0 Å². The molecule has 1 nitrogen and oxygen atoms in total. The Morgan fingerprint density at radius 1 is 1.29 bits per heavy atom. The minimum atomic E-state index is 0.0161. The number of hydrogen-bond acceptors (Lipinski definition) is 1. The third-order valence-electron chi connectivity index (χ3n) is 2.04. The lowest BCUT2D eigenvalue weighted by molar-refractivity contribution is -0.109. The molecule has 1 heteroatoms. The maximum atomic E-state index is 10.8. The first kappa shape index (κ1) is 10.7. The van der Waals surface area contributed by atoms with Gasteiger partial charge in [-0.15, -0.1) is 0 Å². The molecule has 0 aromatic heterocycles. The van der Waals surface area contributed by atoms with Crippen LogP contribution in [0, 0.1) is 5.92 Å². The van der Waals surface area contributed by atoms with Gasteiger partial charge < -0.3 is 4.79 Å². The van der Waals surface area contributed by atoms with Crippen molar-refractivity contribution in [2.45, 2.75) is 20.3 Å². The van der Waals surface area contributed by atoms with Gasteiger partial charge in [-0.1, -0.05) is 42.0 Å². The van der Waals surface area contributed by atoms with Crippen LogP contribution in [0.15, 0.2) is 42.0 Å². The van der Waals surface area contributed by atoms with Crippen LogP contribution in [0.5, 0.6) is 0 Å². The number of carbonyl (C=O) groups is 1. The highest BCUT2D eigenvalue weighted by Gasteiger charge is 2.04. The number of aldehydes is 1. The highest BCUT2D eigenvalue weighted by Crippen LogP contribution is 2.09. The molecule has 14 heavy (non-hydrogen) atoms. The zero-order valence-corrected chi connectivity index (χ0v) is 8.73. The lowest BCUT2D eigenvalue weighted by Gasteiger charge is -2.05. The topological polar surface area (TPSA) is 17.1 Å². The largest absolute Gasteiger partial charge is 0.303 e. The molecule has 0 amide bonds. The molecular weight excluding hydrogens is 172 g/mol. The molecule has 0 N–H and O–H groups in total. The van der Waals surface area contributed by atoms with Crippen molar-refractivity contribution in [3.8, 4) is 0 Å². The smallest absolute Gasteiger partial charge is 0.127 e. The Hall–Kier alpha value is -1.37. The molecular formula is C13H16O. The van der Waals surface area contributed by atoms with E-state index >= 15 is 0 Å². The Labute approximate surface area is 85.5 Å². The standard InChI is InChI=1S/C13H16O/c1-11(2)8-13(10-14)9-12-6-4-3-5-7-12/h3-8,10,13H,9H2,1-2H3. The molecule has 0 spiro atoms. The van der Waals surface area contributed by atoms with Crippen LogP contribution in [0.4, 0.5) is 0 Å². The molecule has 0 aliphatic rings. The van der Waals surface area contributed by atoms with Crippen LogP contribution in [0.25, 0.3) is 0 Å². The molecule has 1 aromatic carbocycles. The predicted octanol–water partition coefficient (Wildman–Crippen LogP) is 3.01. The van der Waals surface area contributed by atoms with E-state index in [1.807, 2.05) is 38.1 Å². The van der Waals surface area contributed by atoms with Gasteiger partial charge in [0.2, 0.25) is 0 Å². The first-order valence-corrected chi connectivity index (χ1v) is 4.86. The summed E-state index contributed by atoms with van der Waals surface area (Å²) in [5.41, 5.74) is 2.40. The molecule has 1 aromatic rings. The maximum absolute atomic E-state index is 10.8. The quantitative estimate of drug-likeness (QED) is 0.524. The maximum Gasteiger partial charge on any atom is 0.127 e. The molecule has 0 bridgehead atoms. The molecule has 1 unspecified atom stereocenters. The third-order valence-corrected chi connectivity index (χ3v) is 2.04. The summed E-state index contributed by atoms with van der Waals surface area (Å²) in [6, 6.07) is 10.1. The predicted molar refractivity (Wildman–Crippen MR) is 59.1 cm³/mol. The fourth-order valence-corrected chi connectivity index (χ4v) is 1.46. The molecule has 0 fully saturated rings. The fraction of sp³-hybridized carbons (Fsp3) is 0.308. The highest BCUT2D eigenvalue weighted by atomic mass is 16.1. The minimum absolute atomic E-state index is 0.0161. The Balaban J connectivity index is 2.67. The summed E-state index contributed by atoms with van der Waals surface area (Å²) >= 11 is 0. The van der Waals surface area contributed by atoms with Gasteiger partial charge in [-0.3, -0.25) is 0 Å². The van der Waals surface area contributed by atoms with E-state index in [1.165, 1.54) is 11.1 Å². The minimum Gasteiger partial charge on any atom is -0.303 e. The Morgan fingerprint density at radius 3 is 2.43 bits per heavy atom. The summed E-state index contributed by atoms with van der Waals surface area (Å²) in [7, 11) is 0.